The topological polar surface area (TPSA) is 60.5 Å². The number of hydrogen-bond donors (Lipinski definition) is 1. The van der Waals surface area contributed by atoms with Crippen molar-refractivity contribution in [1.82, 2.24) is 0 Å². The first kappa shape index (κ1) is 16.4. The molecule has 0 radical (unpaired) electrons. The van der Waals surface area contributed by atoms with Crippen molar-refractivity contribution < 1.29 is 22.8 Å². The zero-order chi connectivity index (χ0) is 14.6. The zero-order valence-electron chi connectivity index (χ0n) is 12.8. The molecule has 1 saturated heterocycles. The lowest BCUT2D eigenvalue weighted by Gasteiger charge is -2.27. The van der Waals surface area contributed by atoms with Crippen molar-refractivity contribution in [2.24, 2.45) is 5.92 Å². The van der Waals surface area contributed by atoms with E-state index >= 15 is 0 Å². The molecule has 20 heavy (non-hydrogen) atoms. The van der Waals surface area contributed by atoms with Gasteiger partial charge in [-0.1, -0.05) is 0 Å². The summed E-state index contributed by atoms with van der Waals surface area (Å²) in [7, 11) is -3.43. The van der Waals surface area contributed by atoms with Gasteiger partial charge >= 0.3 is 9.05 Å². The van der Waals surface area contributed by atoms with Crippen molar-refractivity contribution in [3.63, 3.8) is 0 Å². The van der Waals surface area contributed by atoms with Crippen LogP contribution in [0.3, 0.4) is 0 Å². The molecule has 1 saturated carbocycles. The van der Waals surface area contributed by atoms with E-state index in [1.165, 1.54) is 19.3 Å². The Kier molecular flexibility index (Phi) is 6.01. The highest BCUT2D eigenvalue weighted by atomic mass is 28.4. The van der Waals surface area contributed by atoms with Crippen molar-refractivity contribution in [3.8, 4) is 0 Å². The average Bonchev–Trinajstić information content (AvgIpc) is 3.15. The maximum atomic E-state index is 10.2. The summed E-state index contributed by atoms with van der Waals surface area (Å²) < 4.78 is 21.8. The lowest BCUT2D eigenvalue weighted by molar-refractivity contribution is -0.0270. The molecular weight excluding hydrogens is 276 g/mol. The number of hydrogen-bond acceptors (Lipinski definition) is 5. The van der Waals surface area contributed by atoms with Crippen LogP contribution in [0.1, 0.15) is 52.9 Å². The highest BCUT2D eigenvalue weighted by Gasteiger charge is 2.44. The smallest absolute Gasteiger partial charge is 0.370 e. The van der Waals surface area contributed by atoms with E-state index in [0.717, 1.165) is 18.8 Å². The van der Waals surface area contributed by atoms with Gasteiger partial charge < -0.3 is 22.8 Å². The van der Waals surface area contributed by atoms with Crippen LogP contribution in [-0.2, 0) is 18.0 Å². The molecule has 0 aromatic rings. The molecule has 118 valence electrons. The summed E-state index contributed by atoms with van der Waals surface area (Å²) in [5.41, 5.74) is 0. The predicted octanol–water partition coefficient (Wildman–Crippen LogP) is 2.24. The summed E-state index contributed by atoms with van der Waals surface area (Å²) in [5, 5.41) is 0. The van der Waals surface area contributed by atoms with Crippen molar-refractivity contribution >= 4 is 9.05 Å². The van der Waals surface area contributed by atoms with E-state index in [4.69, 9.17) is 18.0 Å². The fourth-order valence-electron chi connectivity index (χ4n) is 3.01. The third-order valence-corrected chi connectivity index (χ3v) is 6.10. The first-order valence-electron chi connectivity index (χ1n) is 7.89. The molecule has 5 nitrogen and oxygen atoms in total. The molecule has 4 unspecified atom stereocenters. The fraction of sp³-hybridized carbons (Fsp3) is 1.00. The summed E-state index contributed by atoms with van der Waals surface area (Å²) in [5.74, 6) is 0.735. The Morgan fingerprint density at radius 2 is 1.90 bits per heavy atom. The Labute approximate surface area is 123 Å². The summed E-state index contributed by atoms with van der Waals surface area (Å²) in [6, 6.07) is 0. The van der Waals surface area contributed by atoms with E-state index in [1.807, 2.05) is 20.8 Å². The monoisotopic (exact) mass is 304 g/mol. The SMILES string of the molecule is CCO[Si](O)(OCC)OC(C)CCC1CCC2OC2C1. The van der Waals surface area contributed by atoms with Gasteiger partial charge in [0.25, 0.3) is 0 Å². The van der Waals surface area contributed by atoms with Gasteiger partial charge in [0.05, 0.1) is 12.2 Å². The maximum Gasteiger partial charge on any atom is 0.677 e. The van der Waals surface area contributed by atoms with E-state index in [2.05, 4.69) is 0 Å². The van der Waals surface area contributed by atoms with Crippen LogP contribution in [-0.4, -0.2) is 45.4 Å². The van der Waals surface area contributed by atoms with Crippen LogP contribution in [0.25, 0.3) is 0 Å². The van der Waals surface area contributed by atoms with Gasteiger partial charge in [-0.15, -0.1) is 0 Å². The molecule has 1 heterocycles. The third-order valence-electron chi connectivity index (χ3n) is 4.10. The van der Waals surface area contributed by atoms with Gasteiger partial charge in [-0.25, -0.2) is 0 Å². The van der Waals surface area contributed by atoms with E-state index in [-0.39, 0.29) is 6.10 Å². The zero-order valence-corrected chi connectivity index (χ0v) is 13.8. The van der Waals surface area contributed by atoms with Crippen molar-refractivity contribution in [1.29, 1.82) is 0 Å². The molecule has 6 heteroatoms. The fourth-order valence-corrected chi connectivity index (χ4v) is 4.58. The minimum atomic E-state index is -3.43. The molecule has 0 spiro atoms. The molecule has 0 aromatic carbocycles. The van der Waals surface area contributed by atoms with Gasteiger partial charge in [0.15, 0.2) is 0 Å². The maximum absolute atomic E-state index is 10.2. The number of rotatable bonds is 9. The van der Waals surface area contributed by atoms with Crippen molar-refractivity contribution in [2.45, 2.75) is 71.2 Å². The molecule has 1 aliphatic carbocycles. The molecule has 1 aliphatic heterocycles. The van der Waals surface area contributed by atoms with Crippen molar-refractivity contribution in [2.75, 3.05) is 13.2 Å². The minimum Gasteiger partial charge on any atom is -0.370 e. The Morgan fingerprint density at radius 1 is 1.20 bits per heavy atom. The summed E-state index contributed by atoms with van der Waals surface area (Å²) in [6.45, 7) is 6.45. The van der Waals surface area contributed by atoms with Crippen LogP contribution in [0.2, 0.25) is 0 Å². The van der Waals surface area contributed by atoms with Crippen LogP contribution >= 0.6 is 0 Å². The third kappa shape index (κ3) is 4.79. The summed E-state index contributed by atoms with van der Waals surface area (Å²) in [4.78, 5) is 10.2. The van der Waals surface area contributed by atoms with E-state index in [1.54, 1.807) is 0 Å². The minimum absolute atomic E-state index is 0.0392. The van der Waals surface area contributed by atoms with Crippen LogP contribution in [0.5, 0.6) is 0 Å². The van der Waals surface area contributed by atoms with E-state index in [0.29, 0.717) is 25.4 Å². The normalized spacial score (nSPS) is 30.9. The summed E-state index contributed by atoms with van der Waals surface area (Å²) in [6.07, 6.45) is 6.76. The first-order chi connectivity index (χ1) is 9.56. The lowest BCUT2D eigenvalue weighted by atomic mass is 9.85. The number of ether oxygens (including phenoxy) is 1. The number of epoxide rings is 1. The van der Waals surface area contributed by atoms with Gasteiger partial charge in [0.2, 0.25) is 0 Å². The molecule has 2 fully saturated rings. The van der Waals surface area contributed by atoms with Crippen LogP contribution < -0.4 is 0 Å². The van der Waals surface area contributed by atoms with Crippen LogP contribution in [0.4, 0.5) is 0 Å². The summed E-state index contributed by atoms with van der Waals surface area (Å²) >= 11 is 0. The Hall–Kier alpha value is 0.0169. The average molecular weight is 304 g/mol. The second-order valence-electron chi connectivity index (χ2n) is 5.79. The molecule has 4 atom stereocenters. The van der Waals surface area contributed by atoms with E-state index in [9.17, 15) is 4.80 Å². The van der Waals surface area contributed by atoms with Crippen LogP contribution in [0, 0.1) is 5.92 Å². The first-order valence-corrected chi connectivity index (χ1v) is 9.57. The second kappa shape index (κ2) is 7.33. The standard InChI is InChI=1S/C14H28O5Si/c1-4-16-20(15,17-5-2)19-11(3)6-7-12-8-9-13-14(10-12)18-13/h11-15H,4-10H2,1-3H3. The number of fused-ring (bicyclic) bond motifs is 1. The van der Waals surface area contributed by atoms with E-state index < -0.39 is 9.05 Å². The Morgan fingerprint density at radius 3 is 2.50 bits per heavy atom. The quantitative estimate of drug-likeness (QED) is 0.523. The highest BCUT2D eigenvalue weighted by Crippen LogP contribution is 2.41. The highest BCUT2D eigenvalue weighted by molar-refractivity contribution is 6.51. The van der Waals surface area contributed by atoms with Gasteiger partial charge in [0, 0.05) is 19.3 Å². The van der Waals surface area contributed by atoms with Gasteiger partial charge in [-0.3, -0.25) is 0 Å². The molecule has 0 aromatic heterocycles. The second-order valence-corrected chi connectivity index (χ2v) is 7.65. The predicted molar refractivity (Wildman–Crippen MR) is 77.0 cm³/mol. The molecular formula is C14H28O5Si. The van der Waals surface area contributed by atoms with Gasteiger partial charge in [0.1, 0.15) is 0 Å². The Balaban J connectivity index is 1.68. The molecule has 2 aliphatic rings. The Bertz CT molecular complexity index is 295. The van der Waals surface area contributed by atoms with Crippen molar-refractivity contribution in [3.05, 3.63) is 0 Å². The molecule has 0 bridgehead atoms. The molecule has 2 rings (SSSR count). The lowest BCUT2D eigenvalue weighted by Crippen LogP contribution is -2.48. The van der Waals surface area contributed by atoms with Gasteiger partial charge in [-0.05, 0) is 58.8 Å². The van der Waals surface area contributed by atoms with Gasteiger partial charge in [-0.2, -0.15) is 0 Å². The molecule has 1 N–H and O–H groups in total. The largest absolute Gasteiger partial charge is 0.677 e. The van der Waals surface area contributed by atoms with Crippen LogP contribution in [0.15, 0.2) is 0 Å². The molecule has 0 amide bonds.